The molecule has 0 aromatic rings. The van der Waals surface area contributed by atoms with Gasteiger partial charge in [0.25, 0.3) is 0 Å². The average molecular weight is 1050 g/mol. The smallest absolute Gasteiger partial charge is 0.305 e. The number of hydrogen-bond acceptors (Lipinski definition) is 5. The van der Waals surface area contributed by atoms with Crippen LogP contribution in [0.3, 0.4) is 0 Å². The van der Waals surface area contributed by atoms with Crippen molar-refractivity contribution < 1.29 is 24.5 Å². The Kier molecular flexibility index (Phi) is 63.0. The highest BCUT2D eigenvalue weighted by Crippen LogP contribution is 2.18. The minimum atomic E-state index is -0.669. The van der Waals surface area contributed by atoms with Crippen LogP contribution in [-0.2, 0) is 14.3 Å². The Morgan fingerprint density at radius 2 is 0.667 bits per heavy atom. The van der Waals surface area contributed by atoms with E-state index in [9.17, 15) is 19.8 Å². The Labute approximate surface area is 468 Å². The number of rotatable bonds is 63. The molecule has 0 aromatic heterocycles. The summed E-state index contributed by atoms with van der Waals surface area (Å²) in [6.07, 6.45) is 81.9. The van der Waals surface area contributed by atoms with E-state index in [1.165, 1.54) is 283 Å². The monoisotopic (exact) mass is 1050 g/mol. The number of carbonyl (C=O) groups is 2. The summed E-state index contributed by atoms with van der Waals surface area (Å²) < 4.78 is 5.42. The largest absolute Gasteiger partial charge is 0.465 e. The number of hydrogen-bond donors (Lipinski definition) is 3. The molecule has 1 amide bonds. The lowest BCUT2D eigenvalue weighted by molar-refractivity contribution is -0.143. The summed E-state index contributed by atoms with van der Waals surface area (Å²) in [7, 11) is 0. The van der Waals surface area contributed by atoms with Gasteiger partial charge in [0.2, 0.25) is 5.91 Å². The number of aliphatic hydroxyl groups is 2. The summed E-state index contributed by atoms with van der Waals surface area (Å²) in [5.41, 5.74) is 0. The molecule has 0 fully saturated rings. The zero-order valence-electron chi connectivity index (χ0n) is 50.5. The number of esters is 1. The zero-order valence-corrected chi connectivity index (χ0v) is 50.5. The maximum atomic E-state index is 12.5. The summed E-state index contributed by atoms with van der Waals surface area (Å²) in [4.78, 5) is 24.6. The first-order valence-electron chi connectivity index (χ1n) is 33.7. The maximum Gasteiger partial charge on any atom is 0.305 e. The Balaban J connectivity index is 3.45. The van der Waals surface area contributed by atoms with Crippen molar-refractivity contribution >= 4 is 11.9 Å². The fourth-order valence-electron chi connectivity index (χ4n) is 10.5. The number of carbonyl (C=O) groups excluding carboxylic acids is 2. The first kappa shape index (κ1) is 73.1. The van der Waals surface area contributed by atoms with E-state index >= 15 is 0 Å². The van der Waals surface area contributed by atoms with E-state index in [0.29, 0.717) is 25.9 Å². The molecule has 2 unspecified atom stereocenters. The van der Waals surface area contributed by atoms with Crippen molar-refractivity contribution in [3.8, 4) is 0 Å². The maximum absolute atomic E-state index is 12.5. The standard InChI is InChI=1S/C69H131NO5/c1-3-5-7-9-11-13-15-17-19-21-22-24-27-30-33-37-41-45-49-53-57-61-67(72)66(65-71)70-68(73)62-58-54-50-46-42-38-34-31-28-25-23-26-29-32-36-40-44-48-52-56-60-64-75-69(74)63-59-55-51-47-43-39-35-20-18-16-14-12-10-8-6-4-2/h20,35,40,44,52,56,66-67,71-72H,3-19,21-34,36-39,41-43,45-51,53-55,57-65H2,1-2H3,(H,70,73)/b35-20-,44-40-,56-52-. The van der Waals surface area contributed by atoms with Gasteiger partial charge in [0, 0.05) is 12.8 Å². The Morgan fingerprint density at radius 3 is 1.03 bits per heavy atom. The lowest BCUT2D eigenvalue weighted by Crippen LogP contribution is -2.45. The third-order valence-electron chi connectivity index (χ3n) is 15.7. The molecule has 0 aliphatic heterocycles. The molecule has 6 nitrogen and oxygen atoms in total. The van der Waals surface area contributed by atoms with Gasteiger partial charge in [0.1, 0.15) is 0 Å². The van der Waals surface area contributed by atoms with Crippen LogP contribution in [0.4, 0.5) is 0 Å². The van der Waals surface area contributed by atoms with Crippen molar-refractivity contribution in [1.29, 1.82) is 0 Å². The predicted octanol–water partition coefficient (Wildman–Crippen LogP) is 21.5. The molecule has 0 radical (unpaired) electrons. The predicted molar refractivity (Wildman–Crippen MR) is 329 cm³/mol. The van der Waals surface area contributed by atoms with E-state index in [2.05, 4.69) is 55.6 Å². The van der Waals surface area contributed by atoms with Gasteiger partial charge in [-0.2, -0.15) is 0 Å². The topological polar surface area (TPSA) is 95.9 Å². The number of allylic oxidation sites excluding steroid dienone is 5. The SMILES string of the molecule is CCCCCCCCC/C=C\CCCCCCCC(=O)OCC/C=C\C/C=C\CCCCCCCCCCCCCCCCC(=O)NC(CO)C(O)CCCCCCCCCCCCCCCCCCCCCCC. The number of amides is 1. The zero-order chi connectivity index (χ0) is 54.3. The fourth-order valence-corrected chi connectivity index (χ4v) is 10.5. The quantitative estimate of drug-likeness (QED) is 0.0320. The van der Waals surface area contributed by atoms with Crippen molar-refractivity contribution in [1.82, 2.24) is 5.32 Å². The summed E-state index contributed by atoms with van der Waals surface area (Å²) in [5, 5.41) is 23.4. The minimum absolute atomic E-state index is 0.0365. The van der Waals surface area contributed by atoms with Crippen LogP contribution < -0.4 is 5.32 Å². The molecule has 0 bridgehead atoms. The summed E-state index contributed by atoms with van der Waals surface area (Å²) >= 11 is 0. The highest BCUT2D eigenvalue weighted by molar-refractivity contribution is 5.76. The van der Waals surface area contributed by atoms with Gasteiger partial charge in [-0.3, -0.25) is 9.59 Å². The van der Waals surface area contributed by atoms with Crippen LogP contribution in [0.25, 0.3) is 0 Å². The summed E-state index contributed by atoms with van der Waals surface area (Å²) in [5.74, 6) is -0.0784. The normalized spacial score (nSPS) is 12.7. The van der Waals surface area contributed by atoms with Crippen molar-refractivity contribution in [2.24, 2.45) is 0 Å². The third kappa shape index (κ3) is 61.2. The molecule has 75 heavy (non-hydrogen) atoms. The molecule has 0 saturated carbocycles. The first-order chi connectivity index (χ1) is 37.0. The summed E-state index contributed by atoms with van der Waals surface area (Å²) in [6.45, 7) is 4.87. The molecule has 0 rings (SSSR count). The van der Waals surface area contributed by atoms with Crippen LogP contribution in [0.15, 0.2) is 36.5 Å². The van der Waals surface area contributed by atoms with Crippen LogP contribution >= 0.6 is 0 Å². The van der Waals surface area contributed by atoms with Gasteiger partial charge in [0.05, 0.1) is 25.4 Å². The van der Waals surface area contributed by atoms with E-state index in [0.717, 1.165) is 51.4 Å². The Morgan fingerprint density at radius 1 is 0.373 bits per heavy atom. The van der Waals surface area contributed by atoms with Crippen LogP contribution in [-0.4, -0.2) is 47.4 Å². The van der Waals surface area contributed by atoms with E-state index < -0.39 is 12.1 Å². The molecule has 0 aliphatic carbocycles. The van der Waals surface area contributed by atoms with E-state index in [1.54, 1.807) is 0 Å². The van der Waals surface area contributed by atoms with Crippen LogP contribution in [0.1, 0.15) is 367 Å². The van der Waals surface area contributed by atoms with Crippen LogP contribution in [0.5, 0.6) is 0 Å². The molecule has 6 heteroatoms. The molecule has 0 heterocycles. The molecule has 0 spiro atoms. The minimum Gasteiger partial charge on any atom is -0.465 e. The molecule has 0 saturated heterocycles. The molecule has 0 aromatic carbocycles. The van der Waals surface area contributed by atoms with E-state index in [4.69, 9.17) is 4.74 Å². The van der Waals surface area contributed by atoms with Gasteiger partial charge < -0.3 is 20.3 Å². The second-order valence-electron chi connectivity index (χ2n) is 23.1. The number of ether oxygens (including phenoxy) is 1. The van der Waals surface area contributed by atoms with Crippen molar-refractivity contribution in [2.75, 3.05) is 13.2 Å². The van der Waals surface area contributed by atoms with E-state index in [-0.39, 0.29) is 18.5 Å². The van der Waals surface area contributed by atoms with Gasteiger partial charge in [-0.1, -0.05) is 320 Å². The van der Waals surface area contributed by atoms with E-state index in [1.807, 2.05) is 0 Å². The van der Waals surface area contributed by atoms with Crippen molar-refractivity contribution in [2.45, 2.75) is 379 Å². The highest BCUT2D eigenvalue weighted by Gasteiger charge is 2.20. The second-order valence-corrected chi connectivity index (χ2v) is 23.1. The molecule has 2 atom stereocenters. The lowest BCUT2D eigenvalue weighted by atomic mass is 10.0. The van der Waals surface area contributed by atoms with Crippen molar-refractivity contribution in [3.05, 3.63) is 36.5 Å². The van der Waals surface area contributed by atoms with Gasteiger partial charge in [-0.05, 0) is 70.6 Å². The molecular formula is C69H131NO5. The fraction of sp³-hybridized carbons (Fsp3) is 0.884. The molecule has 3 N–H and O–H groups in total. The Bertz CT molecular complexity index is 1210. The van der Waals surface area contributed by atoms with Crippen molar-refractivity contribution in [3.63, 3.8) is 0 Å². The average Bonchev–Trinajstić information content (AvgIpc) is 3.41. The third-order valence-corrected chi connectivity index (χ3v) is 15.7. The first-order valence-corrected chi connectivity index (χ1v) is 33.7. The van der Waals surface area contributed by atoms with Crippen LogP contribution in [0, 0.1) is 0 Å². The number of unbranched alkanes of at least 4 members (excludes halogenated alkanes) is 46. The van der Waals surface area contributed by atoms with Gasteiger partial charge >= 0.3 is 5.97 Å². The van der Waals surface area contributed by atoms with Gasteiger partial charge in [0.15, 0.2) is 0 Å². The summed E-state index contributed by atoms with van der Waals surface area (Å²) in [6, 6.07) is -0.547. The van der Waals surface area contributed by atoms with Gasteiger partial charge in [-0.25, -0.2) is 0 Å². The highest BCUT2D eigenvalue weighted by atomic mass is 16.5. The molecule has 442 valence electrons. The van der Waals surface area contributed by atoms with Gasteiger partial charge in [-0.15, -0.1) is 0 Å². The Hall–Kier alpha value is -1.92. The molecule has 0 aliphatic rings. The van der Waals surface area contributed by atoms with Crippen LogP contribution in [0.2, 0.25) is 0 Å². The lowest BCUT2D eigenvalue weighted by Gasteiger charge is -2.22. The molecular weight excluding hydrogens is 923 g/mol. The second kappa shape index (κ2) is 64.6. The number of nitrogens with one attached hydrogen (secondary N) is 1. The number of aliphatic hydroxyl groups excluding tert-OH is 2.